The first kappa shape index (κ1) is 17.4. The van der Waals surface area contributed by atoms with Crippen molar-refractivity contribution in [2.24, 2.45) is 0 Å². The maximum absolute atomic E-state index is 14.2. The van der Waals surface area contributed by atoms with E-state index in [0.29, 0.717) is 11.4 Å². The predicted octanol–water partition coefficient (Wildman–Crippen LogP) is 2.63. The average Bonchev–Trinajstić information content (AvgIpc) is 2.94. The normalized spacial score (nSPS) is 20.2. The quantitative estimate of drug-likeness (QED) is 0.907. The SMILES string of the molecule is Cc1nc(C)c(C(=O)N2C[C@H](O)C[C@H]2c2cc(F)ccc2F)nc1C. The number of nitrogens with zero attached hydrogens (tertiary/aromatic N) is 3. The lowest BCUT2D eigenvalue weighted by Gasteiger charge is -2.25. The van der Waals surface area contributed by atoms with Crippen molar-refractivity contribution in [2.45, 2.75) is 39.3 Å². The van der Waals surface area contributed by atoms with Crippen LogP contribution in [0.1, 0.15) is 45.6 Å². The Morgan fingerprint density at radius 1 is 1.16 bits per heavy atom. The second-order valence-electron chi connectivity index (χ2n) is 6.36. The van der Waals surface area contributed by atoms with Gasteiger partial charge in [0.05, 0.1) is 29.2 Å². The Morgan fingerprint density at radius 2 is 1.84 bits per heavy atom. The van der Waals surface area contributed by atoms with Crippen LogP contribution >= 0.6 is 0 Å². The van der Waals surface area contributed by atoms with Gasteiger partial charge in [-0.2, -0.15) is 0 Å². The Hall–Kier alpha value is -2.41. The number of aliphatic hydroxyl groups excluding tert-OH is 1. The van der Waals surface area contributed by atoms with Crippen LogP contribution in [-0.2, 0) is 0 Å². The van der Waals surface area contributed by atoms with Crippen molar-refractivity contribution < 1.29 is 18.7 Å². The van der Waals surface area contributed by atoms with Crippen molar-refractivity contribution in [1.82, 2.24) is 14.9 Å². The second kappa shape index (κ2) is 6.48. The minimum absolute atomic E-state index is 0.0352. The third kappa shape index (κ3) is 3.24. The van der Waals surface area contributed by atoms with Crippen molar-refractivity contribution in [3.8, 4) is 0 Å². The molecule has 5 nitrogen and oxygen atoms in total. The first-order chi connectivity index (χ1) is 11.8. The third-order valence-electron chi connectivity index (χ3n) is 4.54. The summed E-state index contributed by atoms with van der Waals surface area (Å²) in [7, 11) is 0. The van der Waals surface area contributed by atoms with Gasteiger partial charge in [0.2, 0.25) is 0 Å². The summed E-state index contributed by atoms with van der Waals surface area (Å²) in [5.74, 6) is -1.65. The van der Waals surface area contributed by atoms with Gasteiger partial charge in [0.1, 0.15) is 17.3 Å². The molecule has 1 aliphatic rings. The summed E-state index contributed by atoms with van der Waals surface area (Å²) < 4.78 is 27.7. The van der Waals surface area contributed by atoms with Crippen molar-refractivity contribution in [1.29, 1.82) is 0 Å². The molecule has 132 valence electrons. The molecule has 0 radical (unpaired) electrons. The van der Waals surface area contributed by atoms with E-state index in [1.54, 1.807) is 20.8 Å². The van der Waals surface area contributed by atoms with Crippen LogP contribution in [0.3, 0.4) is 0 Å². The van der Waals surface area contributed by atoms with Gasteiger partial charge in [0, 0.05) is 12.1 Å². The molecule has 1 saturated heterocycles. The number of rotatable bonds is 2. The molecule has 1 aliphatic heterocycles. The monoisotopic (exact) mass is 347 g/mol. The Morgan fingerprint density at radius 3 is 2.56 bits per heavy atom. The Bertz CT molecular complexity index is 841. The summed E-state index contributed by atoms with van der Waals surface area (Å²) >= 11 is 0. The zero-order chi connectivity index (χ0) is 18.3. The van der Waals surface area contributed by atoms with Crippen LogP contribution in [0.5, 0.6) is 0 Å². The summed E-state index contributed by atoms with van der Waals surface area (Å²) in [4.78, 5) is 22.9. The van der Waals surface area contributed by atoms with E-state index in [1.807, 2.05) is 0 Å². The topological polar surface area (TPSA) is 66.3 Å². The minimum Gasteiger partial charge on any atom is -0.391 e. The molecule has 3 rings (SSSR count). The Kier molecular flexibility index (Phi) is 4.51. The molecule has 0 aliphatic carbocycles. The van der Waals surface area contributed by atoms with E-state index < -0.39 is 29.7 Å². The lowest BCUT2D eigenvalue weighted by Crippen LogP contribution is -2.33. The summed E-state index contributed by atoms with van der Waals surface area (Å²) in [5.41, 5.74) is 2.04. The van der Waals surface area contributed by atoms with E-state index in [9.17, 15) is 18.7 Å². The molecule has 7 heteroatoms. The smallest absolute Gasteiger partial charge is 0.274 e. The number of carbonyl (C=O) groups is 1. The van der Waals surface area contributed by atoms with Crippen LogP contribution in [-0.4, -0.2) is 38.5 Å². The van der Waals surface area contributed by atoms with Gasteiger partial charge < -0.3 is 10.0 Å². The molecule has 2 aromatic rings. The van der Waals surface area contributed by atoms with E-state index in [4.69, 9.17) is 0 Å². The van der Waals surface area contributed by atoms with Gasteiger partial charge in [-0.3, -0.25) is 9.78 Å². The molecule has 0 bridgehead atoms. The van der Waals surface area contributed by atoms with Gasteiger partial charge >= 0.3 is 0 Å². The van der Waals surface area contributed by atoms with E-state index in [-0.39, 0.29) is 24.2 Å². The highest BCUT2D eigenvalue weighted by Gasteiger charge is 2.38. The number of halogens is 2. The van der Waals surface area contributed by atoms with E-state index in [1.165, 1.54) is 4.90 Å². The highest BCUT2D eigenvalue weighted by Crippen LogP contribution is 2.35. The molecule has 1 aromatic heterocycles. The molecule has 1 amide bonds. The third-order valence-corrected chi connectivity index (χ3v) is 4.54. The molecule has 0 saturated carbocycles. The van der Waals surface area contributed by atoms with Gasteiger partial charge in [-0.25, -0.2) is 13.8 Å². The van der Waals surface area contributed by atoms with Crippen molar-refractivity contribution in [2.75, 3.05) is 6.54 Å². The predicted molar refractivity (Wildman–Crippen MR) is 87.0 cm³/mol. The summed E-state index contributed by atoms with van der Waals surface area (Å²) in [6.45, 7) is 5.26. The summed E-state index contributed by atoms with van der Waals surface area (Å²) in [6, 6.07) is 2.37. The summed E-state index contributed by atoms with van der Waals surface area (Å²) in [5, 5.41) is 10.0. The van der Waals surface area contributed by atoms with Crippen LogP contribution in [0.15, 0.2) is 18.2 Å². The Balaban J connectivity index is 2.01. The zero-order valence-corrected chi connectivity index (χ0v) is 14.3. The highest BCUT2D eigenvalue weighted by molar-refractivity contribution is 5.94. The first-order valence-electron chi connectivity index (χ1n) is 8.03. The van der Waals surface area contributed by atoms with Gasteiger partial charge in [-0.1, -0.05) is 0 Å². The minimum atomic E-state index is -0.809. The zero-order valence-electron chi connectivity index (χ0n) is 14.3. The number of hydrogen-bond acceptors (Lipinski definition) is 4. The fraction of sp³-hybridized carbons (Fsp3) is 0.389. The van der Waals surface area contributed by atoms with E-state index >= 15 is 0 Å². The molecule has 1 N–H and O–H groups in total. The van der Waals surface area contributed by atoms with Crippen molar-refractivity contribution >= 4 is 5.91 Å². The molecular formula is C18H19F2N3O2. The standard InChI is InChI=1S/C18H19F2N3O2/c1-9-10(2)22-17(11(3)21-9)18(25)23-8-13(24)7-16(23)14-6-12(19)4-5-15(14)20/h4-6,13,16,24H,7-8H2,1-3H3/t13-,16+/m1/s1. The molecule has 0 unspecified atom stereocenters. The number of hydrogen-bond donors (Lipinski definition) is 1. The van der Waals surface area contributed by atoms with Crippen molar-refractivity contribution in [3.63, 3.8) is 0 Å². The van der Waals surface area contributed by atoms with Crippen LogP contribution in [0.4, 0.5) is 8.78 Å². The van der Waals surface area contributed by atoms with Crippen molar-refractivity contribution in [3.05, 3.63) is 58.2 Å². The van der Waals surface area contributed by atoms with Crippen LogP contribution in [0.25, 0.3) is 0 Å². The molecule has 1 aromatic carbocycles. The first-order valence-corrected chi connectivity index (χ1v) is 8.03. The van der Waals surface area contributed by atoms with E-state index in [2.05, 4.69) is 9.97 Å². The molecule has 2 atom stereocenters. The van der Waals surface area contributed by atoms with E-state index in [0.717, 1.165) is 23.9 Å². The maximum atomic E-state index is 14.2. The molecule has 25 heavy (non-hydrogen) atoms. The summed E-state index contributed by atoms with van der Waals surface area (Å²) in [6.07, 6.45) is -0.667. The number of carbonyl (C=O) groups excluding carboxylic acids is 1. The maximum Gasteiger partial charge on any atom is 0.274 e. The molecular weight excluding hydrogens is 328 g/mol. The van der Waals surface area contributed by atoms with Gasteiger partial charge in [-0.15, -0.1) is 0 Å². The largest absolute Gasteiger partial charge is 0.391 e. The number of amides is 1. The highest BCUT2D eigenvalue weighted by atomic mass is 19.1. The fourth-order valence-corrected chi connectivity index (χ4v) is 3.16. The number of likely N-dealkylation sites (tertiary alicyclic amines) is 1. The number of benzene rings is 1. The van der Waals surface area contributed by atoms with Crippen LogP contribution in [0, 0.1) is 32.4 Å². The average molecular weight is 347 g/mol. The van der Waals surface area contributed by atoms with Crippen LogP contribution < -0.4 is 0 Å². The van der Waals surface area contributed by atoms with Gasteiger partial charge in [0.25, 0.3) is 5.91 Å². The van der Waals surface area contributed by atoms with Crippen LogP contribution in [0.2, 0.25) is 0 Å². The van der Waals surface area contributed by atoms with Gasteiger partial charge in [0.15, 0.2) is 0 Å². The molecule has 2 heterocycles. The lowest BCUT2D eigenvalue weighted by atomic mass is 10.0. The number of aliphatic hydroxyl groups is 1. The molecule has 1 fully saturated rings. The second-order valence-corrected chi connectivity index (χ2v) is 6.36. The molecule has 0 spiro atoms. The number of aryl methyl sites for hydroxylation is 3. The Labute approximate surface area is 144 Å². The number of aromatic nitrogens is 2. The van der Waals surface area contributed by atoms with Gasteiger partial charge in [-0.05, 0) is 45.4 Å². The number of β-amino-alcohol motifs (C(OH)–C–C–N with tert-alkyl or cyclic N) is 1. The lowest BCUT2D eigenvalue weighted by molar-refractivity contribution is 0.0706. The fourth-order valence-electron chi connectivity index (χ4n) is 3.16.